The number of carbonyl (C=O) groups is 2. The molecule has 4 heterocycles. The van der Waals surface area contributed by atoms with Gasteiger partial charge in [-0.25, -0.2) is 19.6 Å². The first kappa shape index (κ1) is 20.3. The molecule has 2 aliphatic rings. The van der Waals surface area contributed by atoms with E-state index in [2.05, 4.69) is 30.4 Å². The number of carbonyl (C=O) groups excluding carboxylic acids is 2. The Kier molecular flexibility index (Phi) is 6.24. The quantitative estimate of drug-likeness (QED) is 0.673. The number of anilines is 1. The molecule has 0 bridgehead atoms. The summed E-state index contributed by atoms with van der Waals surface area (Å²) in [5.74, 6) is 0.311. The normalized spacial score (nSPS) is 20.0. The van der Waals surface area contributed by atoms with Crippen molar-refractivity contribution in [2.45, 2.75) is 13.0 Å². The number of amides is 2. The summed E-state index contributed by atoms with van der Waals surface area (Å²) in [6, 6.07) is 4.80. The molecule has 4 rings (SSSR count). The van der Waals surface area contributed by atoms with E-state index in [4.69, 9.17) is 4.74 Å². The highest BCUT2D eigenvalue weighted by molar-refractivity contribution is 7.10. The monoisotopic (exact) mass is 428 g/mol. The summed E-state index contributed by atoms with van der Waals surface area (Å²) in [6.07, 6.45) is 3.47. The van der Waals surface area contributed by atoms with Crippen LogP contribution in [0, 0.1) is 0 Å². The smallest absolute Gasteiger partial charge is 0.338 e. The Hall–Kier alpha value is -2.98. The Bertz CT molecular complexity index is 910. The standard InChI is InChI=1S/C20H24N6O3S/c1-2-29-18(27)16-14(23-20(28)24-17(16)15-5-3-12-30-15)13-25-8-10-26(11-9-25)19-21-6-4-7-22-19/h3-7,12,17H,2,8-11,13H2,1H3,(H2,23,24,28)/t17-/m0/s1. The van der Waals surface area contributed by atoms with Gasteiger partial charge in [0, 0.05) is 55.7 Å². The van der Waals surface area contributed by atoms with Gasteiger partial charge in [-0.3, -0.25) is 4.90 Å². The minimum absolute atomic E-state index is 0.274. The van der Waals surface area contributed by atoms with Gasteiger partial charge in [0.05, 0.1) is 18.2 Å². The van der Waals surface area contributed by atoms with Gasteiger partial charge in [-0.1, -0.05) is 6.07 Å². The van der Waals surface area contributed by atoms with Gasteiger partial charge >= 0.3 is 12.0 Å². The zero-order valence-corrected chi connectivity index (χ0v) is 17.5. The van der Waals surface area contributed by atoms with Crippen LogP contribution in [0.25, 0.3) is 0 Å². The van der Waals surface area contributed by atoms with E-state index in [1.165, 1.54) is 11.3 Å². The van der Waals surface area contributed by atoms with Gasteiger partial charge in [0.1, 0.15) is 0 Å². The number of hydrogen-bond acceptors (Lipinski definition) is 8. The van der Waals surface area contributed by atoms with E-state index in [9.17, 15) is 9.59 Å². The first-order valence-electron chi connectivity index (χ1n) is 9.91. The number of esters is 1. The number of nitrogens with one attached hydrogen (secondary N) is 2. The summed E-state index contributed by atoms with van der Waals surface area (Å²) in [6.45, 7) is 5.59. The SMILES string of the molecule is CCOC(=O)C1=C(CN2CCN(c3ncccn3)CC2)NC(=O)N[C@H]1c1cccs1. The van der Waals surface area contributed by atoms with Crippen LogP contribution in [0.5, 0.6) is 0 Å². The molecule has 2 aromatic heterocycles. The molecule has 0 saturated carbocycles. The maximum atomic E-state index is 12.8. The van der Waals surface area contributed by atoms with Crippen molar-refractivity contribution >= 4 is 29.3 Å². The summed E-state index contributed by atoms with van der Waals surface area (Å²) >= 11 is 1.50. The van der Waals surface area contributed by atoms with E-state index in [1.807, 2.05) is 17.5 Å². The summed E-state index contributed by atoms with van der Waals surface area (Å²) in [5, 5.41) is 7.63. The average molecular weight is 429 g/mol. The van der Waals surface area contributed by atoms with Crippen molar-refractivity contribution in [3.8, 4) is 0 Å². The molecule has 2 amide bonds. The third kappa shape index (κ3) is 4.44. The van der Waals surface area contributed by atoms with Gasteiger partial charge in [-0.05, 0) is 24.4 Å². The zero-order chi connectivity index (χ0) is 20.9. The molecule has 2 aliphatic heterocycles. The second-order valence-electron chi connectivity index (χ2n) is 6.97. The third-order valence-corrected chi connectivity index (χ3v) is 6.00. The average Bonchev–Trinajstić information content (AvgIpc) is 3.29. The summed E-state index contributed by atoms with van der Waals surface area (Å²) in [5.41, 5.74) is 1.06. The Labute approximate surface area is 178 Å². The van der Waals surface area contributed by atoms with E-state index < -0.39 is 12.0 Å². The number of aromatic nitrogens is 2. The van der Waals surface area contributed by atoms with Crippen LogP contribution in [0.3, 0.4) is 0 Å². The molecular formula is C20H24N6O3S. The number of hydrogen-bond donors (Lipinski definition) is 2. The second kappa shape index (κ2) is 9.23. The minimum Gasteiger partial charge on any atom is -0.463 e. The third-order valence-electron chi connectivity index (χ3n) is 5.07. The van der Waals surface area contributed by atoms with Crippen molar-refractivity contribution in [1.82, 2.24) is 25.5 Å². The number of ether oxygens (including phenoxy) is 1. The molecule has 10 heteroatoms. The molecule has 1 atom stereocenters. The van der Waals surface area contributed by atoms with Crippen LogP contribution in [0.4, 0.5) is 10.7 Å². The summed E-state index contributed by atoms with van der Waals surface area (Å²) in [7, 11) is 0. The van der Waals surface area contributed by atoms with E-state index in [0.717, 1.165) is 37.0 Å². The fraction of sp³-hybridized carbons (Fsp3) is 0.400. The van der Waals surface area contributed by atoms with Gasteiger partial charge in [0.2, 0.25) is 5.95 Å². The van der Waals surface area contributed by atoms with Crippen molar-refractivity contribution in [3.05, 3.63) is 52.1 Å². The van der Waals surface area contributed by atoms with Gasteiger partial charge in [-0.15, -0.1) is 11.3 Å². The zero-order valence-electron chi connectivity index (χ0n) is 16.7. The van der Waals surface area contributed by atoms with Gasteiger partial charge in [-0.2, -0.15) is 0 Å². The number of nitrogens with zero attached hydrogens (tertiary/aromatic N) is 4. The largest absolute Gasteiger partial charge is 0.463 e. The molecule has 30 heavy (non-hydrogen) atoms. The Morgan fingerprint density at radius 3 is 2.67 bits per heavy atom. The molecule has 158 valence electrons. The molecule has 1 saturated heterocycles. The van der Waals surface area contributed by atoms with Crippen molar-refractivity contribution in [2.75, 3.05) is 44.2 Å². The molecule has 0 aromatic carbocycles. The molecule has 0 radical (unpaired) electrons. The van der Waals surface area contributed by atoms with Crippen LogP contribution in [-0.2, 0) is 9.53 Å². The lowest BCUT2D eigenvalue weighted by molar-refractivity contribution is -0.139. The lowest BCUT2D eigenvalue weighted by Gasteiger charge is -2.36. The molecule has 2 N–H and O–H groups in total. The molecular weight excluding hydrogens is 404 g/mol. The number of thiophene rings is 1. The Balaban J connectivity index is 1.53. The topological polar surface area (TPSA) is 99.7 Å². The highest BCUT2D eigenvalue weighted by Gasteiger charge is 2.35. The fourth-order valence-electron chi connectivity index (χ4n) is 3.65. The lowest BCUT2D eigenvalue weighted by Crippen LogP contribution is -2.52. The fourth-order valence-corrected chi connectivity index (χ4v) is 4.43. The van der Waals surface area contributed by atoms with Crippen molar-refractivity contribution in [3.63, 3.8) is 0 Å². The van der Waals surface area contributed by atoms with E-state index in [1.54, 1.807) is 25.4 Å². The van der Waals surface area contributed by atoms with Crippen LogP contribution in [0.2, 0.25) is 0 Å². The van der Waals surface area contributed by atoms with Gasteiger partial charge in [0.15, 0.2) is 0 Å². The summed E-state index contributed by atoms with van der Waals surface area (Å²) < 4.78 is 5.31. The maximum Gasteiger partial charge on any atom is 0.338 e. The van der Waals surface area contributed by atoms with E-state index >= 15 is 0 Å². The highest BCUT2D eigenvalue weighted by atomic mass is 32.1. The molecule has 9 nitrogen and oxygen atoms in total. The lowest BCUT2D eigenvalue weighted by atomic mass is 10.0. The van der Waals surface area contributed by atoms with Crippen molar-refractivity contribution < 1.29 is 14.3 Å². The number of rotatable bonds is 6. The molecule has 0 unspecified atom stereocenters. The first-order chi connectivity index (χ1) is 14.7. The minimum atomic E-state index is -0.508. The number of urea groups is 1. The second-order valence-corrected chi connectivity index (χ2v) is 7.95. The van der Waals surface area contributed by atoms with Gasteiger partial charge < -0.3 is 20.3 Å². The van der Waals surface area contributed by atoms with Crippen LogP contribution in [0.15, 0.2) is 47.2 Å². The molecule has 0 aliphatic carbocycles. The van der Waals surface area contributed by atoms with E-state index in [-0.39, 0.29) is 12.6 Å². The van der Waals surface area contributed by atoms with Crippen LogP contribution >= 0.6 is 11.3 Å². The van der Waals surface area contributed by atoms with Crippen molar-refractivity contribution in [2.24, 2.45) is 0 Å². The van der Waals surface area contributed by atoms with Gasteiger partial charge in [0.25, 0.3) is 0 Å². The van der Waals surface area contributed by atoms with Crippen LogP contribution in [0.1, 0.15) is 17.8 Å². The summed E-state index contributed by atoms with van der Waals surface area (Å²) in [4.78, 5) is 39.0. The molecule has 0 spiro atoms. The first-order valence-corrected chi connectivity index (χ1v) is 10.8. The maximum absolute atomic E-state index is 12.8. The Morgan fingerprint density at radius 1 is 1.23 bits per heavy atom. The highest BCUT2D eigenvalue weighted by Crippen LogP contribution is 2.31. The van der Waals surface area contributed by atoms with Crippen molar-refractivity contribution in [1.29, 1.82) is 0 Å². The van der Waals surface area contributed by atoms with E-state index in [0.29, 0.717) is 17.8 Å². The predicted molar refractivity (Wildman–Crippen MR) is 113 cm³/mol. The molecule has 1 fully saturated rings. The van der Waals surface area contributed by atoms with Crippen LogP contribution in [-0.4, -0.2) is 66.2 Å². The Morgan fingerprint density at radius 2 is 2.00 bits per heavy atom. The molecule has 2 aromatic rings. The number of piperazine rings is 1. The predicted octanol–water partition coefficient (Wildman–Crippen LogP) is 1.53. The van der Waals surface area contributed by atoms with Crippen LogP contribution < -0.4 is 15.5 Å².